The van der Waals surface area contributed by atoms with E-state index in [2.05, 4.69) is 46.8 Å². The Balaban J connectivity index is 1.31. The van der Waals surface area contributed by atoms with Crippen LogP contribution in [0.25, 0.3) is 5.65 Å². The van der Waals surface area contributed by atoms with Crippen LogP contribution in [-0.4, -0.2) is 46.4 Å². The van der Waals surface area contributed by atoms with E-state index in [9.17, 15) is 4.79 Å². The Morgan fingerprint density at radius 2 is 1.86 bits per heavy atom. The van der Waals surface area contributed by atoms with E-state index in [0.29, 0.717) is 12.0 Å². The molecule has 0 aliphatic carbocycles. The Kier molecular flexibility index (Phi) is 6.76. The number of imidazole rings is 1. The molecule has 1 aliphatic heterocycles. The third-order valence-electron chi connectivity index (χ3n) is 6.57. The van der Waals surface area contributed by atoms with Gasteiger partial charge in [0.15, 0.2) is 5.78 Å². The van der Waals surface area contributed by atoms with Crippen molar-refractivity contribution in [2.75, 3.05) is 26.3 Å². The van der Waals surface area contributed by atoms with Crippen molar-refractivity contribution < 1.29 is 9.53 Å². The van der Waals surface area contributed by atoms with Crippen molar-refractivity contribution in [1.29, 1.82) is 0 Å². The van der Waals surface area contributed by atoms with Crippen LogP contribution in [-0.2, 0) is 17.7 Å². The zero-order valence-corrected chi connectivity index (χ0v) is 20.3. The van der Waals surface area contributed by atoms with Crippen LogP contribution in [0, 0.1) is 25.7 Å². The number of hydrogen-bond acceptors (Lipinski definition) is 4. The van der Waals surface area contributed by atoms with Crippen molar-refractivity contribution in [3.05, 3.63) is 106 Å². The number of morpholine rings is 1. The second kappa shape index (κ2) is 10.3. The molecule has 2 aromatic carbocycles. The summed E-state index contributed by atoms with van der Waals surface area (Å²) in [5.41, 5.74) is 7.86. The fraction of sp³-hybridized carbons (Fsp3) is 0.267. The molecule has 1 saturated heterocycles. The third kappa shape index (κ3) is 5.35. The number of ether oxygens (including phenoxy) is 1. The smallest absolute Gasteiger partial charge is 0.167 e. The maximum Gasteiger partial charge on any atom is 0.167 e. The first-order valence-corrected chi connectivity index (χ1v) is 12.0. The van der Waals surface area contributed by atoms with Gasteiger partial charge in [0.05, 0.1) is 19.4 Å². The average Bonchev–Trinajstić information content (AvgIpc) is 3.29. The number of aromatic nitrogens is 2. The van der Waals surface area contributed by atoms with Crippen LogP contribution in [0.15, 0.2) is 67.0 Å². The summed E-state index contributed by atoms with van der Waals surface area (Å²) < 4.78 is 7.41. The van der Waals surface area contributed by atoms with Crippen molar-refractivity contribution in [1.82, 2.24) is 14.3 Å². The summed E-state index contributed by atoms with van der Waals surface area (Å²) in [5, 5.41) is 0. The Labute approximate surface area is 206 Å². The van der Waals surface area contributed by atoms with Crippen LogP contribution in [0.1, 0.15) is 43.9 Å². The Morgan fingerprint density at radius 1 is 1.00 bits per heavy atom. The highest BCUT2D eigenvalue weighted by molar-refractivity contribution is 5.98. The summed E-state index contributed by atoms with van der Waals surface area (Å²) in [7, 11) is 0. The van der Waals surface area contributed by atoms with Crippen molar-refractivity contribution in [3.8, 4) is 11.8 Å². The first kappa shape index (κ1) is 23.0. The number of ketones is 1. The molecule has 0 N–H and O–H groups in total. The minimum Gasteiger partial charge on any atom is -0.379 e. The van der Waals surface area contributed by atoms with Crippen LogP contribution >= 0.6 is 0 Å². The molecule has 0 saturated carbocycles. The van der Waals surface area contributed by atoms with E-state index in [0.717, 1.165) is 60.9 Å². The predicted octanol–water partition coefficient (Wildman–Crippen LogP) is 4.61. The lowest BCUT2D eigenvalue weighted by Crippen LogP contribution is -2.35. The summed E-state index contributed by atoms with van der Waals surface area (Å²) in [6.07, 6.45) is 4.10. The maximum atomic E-state index is 13.1. The molecular weight excluding hydrogens is 434 g/mol. The standard InChI is InChI=1S/C30H29N3O2/c1-22-6-8-26(19-25(22)10-11-28-20-31-30-5-3-4-12-33(28)30)29(34)18-24-7-9-27(23(2)17-24)21-32-13-15-35-16-14-32/h3-9,12,17,19-20H,13-16,18,21H2,1-2H3. The van der Waals surface area contributed by atoms with Crippen LogP contribution < -0.4 is 0 Å². The van der Waals surface area contributed by atoms with E-state index in [1.165, 1.54) is 11.1 Å². The maximum absolute atomic E-state index is 13.1. The first-order valence-electron chi connectivity index (χ1n) is 12.0. The number of rotatable bonds is 5. The van der Waals surface area contributed by atoms with Crippen molar-refractivity contribution >= 4 is 11.4 Å². The Morgan fingerprint density at radius 3 is 2.69 bits per heavy atom. The molecule has 2 aromatic heterocycles. The summed E-state index contributed by atoms with van der Waals surface area (Å²) in [6.45, 7) is 8.61. The molecule has 4 aromatic rings. The fourth-order valence-electron chi connectivity index (χ4n) is 4.42. The summed E-state index contributed by atoms with van der Waals surface area (Å²) in [5.74, 6) is 6.56. The number of nitrogens with zero attached hydrogens (tertiary/aromatic N) is 3. The van der Waals surface area contributed by atoms with Gasteiger partial charge in [0.2, 0.25) is 0 Å². The molecule has 5 nitrogen and oxygen atoms in total. The van der Waals surface area contributed by atoms with Gasteiger partial charge in [-0.15, -0.1) is 0 Å². The average molecular weight is 464 g/mol. The highest BCUT2D eigenvalue weighted by Gasteiger charge is 2.14. The minimum atomic E-state index is 0.100. The SMILES string of the molecule is Cc1ccc(C(=O)Cc2ccc(CN3CCOCC3)c(C)c2)cc1C#Cc1cnc2ccccn12. The van der Waals surface area contributed by atoms with Crippen LogP contribution in [0.4, 0.5) is 0 Å². The zero-order valence-electron chi connectivity index (χ0n) is 20.3. The van der Waals surface area contributed by atoms with Crippen LogP contribution in [0.5, 0.6) is 0 Å². The molecule has 0 amide bonds. The first-order chi connectivity index (χ1) is 17.1. The van der Waals surface area contributed by atoms with Gasteiger partial charge in [0, 0.05) is 43.4 Å². The third-order valence-corrected chi connectivity index (χ3v) is 6.57. The lowest BCUT2D eigenvalue weighted by Gasteiger charge is -2.27. The van der Waals surface area contributed by atoms with E-state index >= 15 is 0 Å². The minimum absolute atomic E-state index is 0.100. The van der Waals surface area contributed by atoms with Gasteiger partial charge in [0.1, 0.15) is 11.3 Å². The molecule has 0 bridgehead atoms. The molecule has 1 fully saturated rings. The molecular formula is C30H29N3O2. The fourth-order valence-corrected chi connectivity index (χ4v) is 4.42. The molecule has 1 aliphatic rings. The lowest BCUT2D eigenvalue weighted by atomic mass is 9.96. The largest absolute Gasteiger partial charge is 0.379 e. The van der Waals surface area contributed by atoms with Gasteiger partial charge >= 0.3 is 0 Å². The topological polar surface area (TPSA) is 46.8 Å². The molecule has 5 rings (SSSR count). The molecule has 0 spiro atoms. The normalized spacial score (nSPS) is 14.0. The van der Waals surface area contributed by atoms with Gasteiger partial charge in [-0.2, -0.15) is 0 Å². The summed E-state index contributed by atoms with van der Waals surface area (Å²) in [6, 6.07) is 18.0. The Bertz CT molecular complexity index is 1440. The molecule has 3 heterocycles. The molecule has 0 radical (unpaired) electrons. The van der Waals surface area contributed by atoms with Crippen molar-refractivity contribution in [2.24, 2.45) is 0 Å². The lowest BCUT2D eigenvalue weighted by molar-refractivity contribution is 0.0341. The molecule has 5 heteroatoms. The van der Waals surface area contributed by atoms with Gasteiger partial charge in [-0.25, -0.2) is 4.98 Å². The zero-order chi connectivity index (χ0) is 24.2. The predicted molar refractivity (Wildman–Crippen MR) is 138 cm³/mol. The highest BCUT2D eigenvalue weighted by Crippen LogP contribution is 2.18. The number of Topliss-reactive ketones (excluding diaryl/α,β-unsaturated/α-hetero) is 1. The van der Waals surface area contributed by atoms with Gasteiger partial charge in [-0.1, -0.05) is 42.3 Å². The van der Waals surface area contributed by atoms with Crippen molar-refractivity contribution in [3.63, 3.8) is 0 Å². The second-order valence-electron chi connectivity index (χ2n) is 9.10. The highest BCUT2D eigenvalue weighted by atomic mass is 16.5. The number of fused-ring (bicyclic) bond motifs is 1. The van der Waals surface area contributed by atoms with E-state index in [4.69, 9.17) is 4.74 Å². The number of hydrogen-bond donors (Lipinski definition) is 0. The number of pyridine rings is 1. The van der Waals surface area contributed by atoms with Crippen molar-refractivity contribution in [2.45, 2.75) is 26.8 Å². The van der Waals surface area contributed by atoms with Crippen LogP contribution in [0.2, 0.25) is 0 Å². The van der Waals surface area contributed by atoms with Crippen LogP contribution in [0.3, 0.4) is 0 Å². The second-order valence-corrected chi connectivity index (χ2v) is 9.10. The van der Waals surface area contributed by atoms with E-state index < -0.39 is 0 Å². The monoisotopic (exact) mass is 463 g/mol. The van der Waals surface area contributed by atoms with Gasteiger partial charge < -0.3 is 4.74 Å². The van der Waals surface area contributed by atoms with Gasteiger partial charge in [-0.05, 0) is 60.2 Å². The van der Waals surface area contributed by atoms with Gasteiger partial charge in [-0.3, -0.25) is 14.1 Å². The van der Waals surface area contributed by atoms with E-state index in [1.54, 1.807) is 6.20 Å². The van der Waals surface area contributed by atoms with Gasteiger partial charge in [0.25, 0.3) is 0 Å². The quantitative estimate of drug-likeness (QED) is 0.320. The number of aryl methyl sites for hydroxylation is 2. The molecule has 0 atom stereocenters. The number of carbonyl (C=O) groups excluding carboxylic acids is 1. The molecule has 176 valence electrons. The van der Waals surface area contributed by atoms with E-state index in [-0.39, 0.29) is 5.78 Å². The summed E-state index contributed by atoms with van der Waals surface area (Å²) >= 11 is 0. The summed E-state index contributed by atoms with van der Waals surface area (Å²) in [4.78, 5) is 19.9. The number of carbonyl (C=O) groups is 1. The molecule has 35 heavy (non-hydrogen) atoms. The molecule has 0 unspecified atom stereocenters. The Hall–Kier alpha value is -3.72. The van der Waals surface area contributed by atoms with E-state index in [1.807, 2.05) is 53.9 Å². The number of benzene rings is 2.